The van der Waals surface area contributed by atoms with Gasteiger partial charge < -0.3 is 10.2 Å². The van der Waals surface area contributed by atoms with Gasteiger partial charge >= 0.3 is 0 Å². The van der Waals surface area contributed by atoms with Crippen molar-refractivity contribution >= 4 is 17.3 Å². The monoisotopic (exact) mass is 295 g/mol. The van der Waals surface area contributed by atoms with Gasteiger partial charge in [-0.3, -0.25) is 9.78 Å². The second-order valence-corrected chi connectivity index (χ2v) is 5.55. The maximum absolute atomic E-state index is 12.8. The summed E-state index contributed by atoms with van der Waals surface area (Å²) in [4.78, 5) is 18.9. The lowest BCUT2D eigenvalue weighted by Crippen LogP contribution is -2.35. The Balaban J connectivity index is 1.86. The van der Waals surface area contributed by atoms with Gasteiger partial charge in [-0.2, -0.15) is 0 Å². The molecule has 0 spiro atoms. The van der Waals surface area contributed by atoms with Gasteiger partial charge in [0.15, 0.2) is 0 Å². The normalized spacial score (nSPS) is 13.6. The molecule has 1 aromatic heterocycles. The van der Waals surface area contributed by atoms with E-state index in [0.29, 0.717) is 5.69 Å². The second-order valence-electron chi connectivity index (χ2n) is 5.55. The van der Waals surface area contributed by atoms with Gasteiger partial charge in [0.05, 0.1) is 0 Å². The number of anilines is 2. The molecular weight excluding hydrogens is 274 g/mol. The maximum atomic E-state index is 12.8. The number of fused-ring (bicyclic) bond motifs is 1. The molecular formula is C18H21N3O. The Hall–Kier alpha value is -2.36. The topological polar surface area (TPSA) is 45.2 Å². The van der Waals surface area contributed by atoms with Crippen molar-refractivity contribution in [2.45, 2.75) is 26.2 Å². The maximum Gasteiger partial charge on any atom is 0.276 e. The van der Waals surface area contributed by atoms with Crippen molar-refractivity contribution in [2.24, 2.45) is 0 Å². The summed E-state index contributed by atoms with van der Waals surface area (Å²) in [5.41, 5.74) is 3.71. The van der Waals surface area contributed by atoms with E-state index in [4.69, 9.17) is 0 Å². The van der Waals surface area contributed by atoms with E-state index in [1.165, 1.54) is 5.56 Å². The van der Waals surface area contributed by atoms with Crippen LogP contribution in [0.15, 0.2) is 42.6 Å². The average molecular weight is 295 g/mol. The molecule has 0 saturated heterocycles. The summed E-state index contributed by atoms with van der Waals surface area (Å²) >= 11 is 0. The fourth-order valence-corrected chi connectivity index (χ4v) is 2.81. The predicted octanol–water partition coefficient (Wildman–Crippen LogP) is 3.50. The third kappa shape index (κ3) is 2.96. The Kier molecular flexibility index (Phi) is 4.37. The quantitative estimate of drug-likeness (QED) is 0.939. The highest BCUT2D eigenvalue weighted by Crippen LogP contribution is 2.28. The molecule has 4 nitrogen and oxygen atoms in total. The summed E-state index contributed by atoms with van der Waals surface area (Å²) in [6.07, 6.45) is 4.77. The SMILES string of the molecule is CCCNc1ccnc(C(=O)N2CCCc3ccccc32)c1. The zero-order chi connectivity index (χ0) is 15.4. The van der Waals surface area contributed by atoms with Crippen LogP contribution in [0.1, 0.15) is 35.8 Å². The molecule has 1 aliphatic rings. The predicted molar refractivity (Wildman–Crippen MR) is 89.5 cm³/mol. The van der Waals surface area contributed by atoms with Gasteiger partial charge in [-0.15, -0.1) is 0 Å². The zero-order valence-corrected chi connectivity index (χ0v) is 12.9. The third-order valence-corrected chi connectivity index (χ3v) is 3.91. The van der Waals surface area contributed by atoms with E-state index in [1.54, 1.807) is 6.20 Å². The highest BCUT2D eigenvalue weighted by Gasteiger charge is 2.24. The van der Waals surface area contributed by atoms with E-state index in [1.807, 2.05) is 35.2 Å². The van der Waals surface area contributed by atoms with Crippen LogP contribution in [0.3, 0.4) is 0 Å². The van der Waals surface area contributed by atoms with Gasteiger partial charge in [-0.05, 0) is 43.0 Å². The molecule has 0 fully saturated rings. The number of nitrogens with one attached hydrogen (secondary N) is 1. The van der Waals surface area contributed by atoms with Crippen LogP contribution in [-0.2, 0) is 6.42 Å². The van der Waals surface area contributed by atoms with Gasteiger partial charge in [0.1, 0.15) is 5.69 Å². The van der Waals surface area contributed by atoms with Crippen molar-refractivity contribution in [2.75, 3.05) is 23.3 Å². The molecule has 0 radical (unpaired) electrons. The number of amides is 1. The molecule has 1 aromatic carbocycles. The zero-order valence-electron chi connectivity index (χ0n) is 12.9. The Morgan fingerprint density at radius 2 is 2.18 bits per heavy atom. The number of pyridine rings is 1. The molecule has 2 aromatic rings. The van der Waals surface area contributed by atoms with E-state index >= 15 is 0 Å². The van der Waals surface area contributed by atoms with Crippen LogP contribution in [0.4, 0.5) is 11.4 Å². The summed E-state index contributed by atoms with van der Waals surface area (Å²) in [5, 5.41) is 3.30. The number of hydrogen-bond acceptors (Lipinski definition) is 3. The van der Waals surface area contributed by atoms with Crippen molar-refractivity contribution in [3.05, 3.63) is 53.9 Å². The number of nitrogens with zero attached hydrogens (tertiary/aromatic N) is 2. The van der Waals surface area contributed by atoms with Crippen LogP contribution >= 0.6 is 0 Å². The van der Waals surface area contributed by atoms with Crippen molar-refractivity contribution in [3.63, 3.8) is 0 Å². The first kappa shape index (κ1) is 14.6. The Bertz CT molecular complexity index is 669. The van der Waals surface area contributed by atoms with Crippen molar-refractivity contribution < 1.29 is 4.79 Å². The molecule has 2 heterocycles. The molecule has 4 heteroatoms. The first-order valence-corrected chi connectivity index (χ1v) is 7.89. The molecule has 22 heavy (non-hydrogen) atoms. The number of para-hydroxylation sites is 1. The molecule has 1 N–H and O–H groups in total. The number of rotatable bonds is 4. The van der Waals surface area contributed by atoms with Crippen molar-refractivity contribution in [1.29, 1.82) is 0 Å². The van der Waals surface area contributed by atoms with Crippen LogP contribution in [0.2, 0.25) is 0 Å². The van der Waals surface area contributed by atoms with Gasteiger partial charge in [-0.25, -0.2) is 0 Å². The number of aryl methyl sites for hydroxylation is 1. The molecule has 1 aliphatic heterocycles. The van der Waals surface area contributed by atoms with Crippen LogP contribution in [-0.4, -0.2) is 24.0 Å². The Morgan fingerprint density at radius 1 is 1.32 bits per heavy atom. The average Bonchev–Trinajstić information content (AvgIpc) is 2.59. The summed E-state index contributed by atoms with van der Waals surface area (Å²) in [6, 6.07) is 11.9. The minimum atomic E-state index is -0.0210. The van der Waals surface area contributed by atoms with E-state index in [2.05, 4.69) is 23.3 Å². The lowest BCUT2D eigenvalue weighted by Gasteiger charge is -2.29. The van der Waals surface area contributed by atoms with Crippen molar-refractivity contribution in [1.82, 2.24) is 4.98 Å². The van der Waals surface area contributed by atoms with E-state index in [0.717, 1.165) is 43.7 Å². The van der Waals surface area contributed by atoms with Gasteiger partial charge in [0.2, 0.25) is 0 Å². The standard InChI is InChI=1S/C18H21N3O/c1-2-10-19-15-9-11-20-16(13-15)18(22)21-12-5-7-14-6-3-4-8-17(14)21/h3-4,6,8-9,11,13H,2,5,7,10,12H2,1H3,(H,19,20). The molecule has 0 saturated carbocycles. The number of benzene rings is 1. The molecule has 0 atom stereocenters. The number of carbonyl (C=O) groups excluding carboxylic acids is 1. The fraction of sp³-hybridized carbons (Fsp3) is 0.333. The van der Waals surface area contributed by atoms with E-state index < -0.39 is 0 Å². The van der Waals surface area contributed by atoms with Gasteiger partial charge in [0.25, 0.3) is 5.91 Å². The molecule has 0 bridgehead atoms. The number of carbonyl (C=O) groups is 1. The molecule has 0 aliphatic carbocycles. The molecule has 0 unspecified atom stereocenters. The fourth-order valence-electron chi connectivity index (χ4n) is 2.81. The molecule has 3 rings (SSSR count). The van der Waals surface area contributed by atoms with E-state index in [-0.39, 0.29) is 5.91 Å². The first-order valence-electron chi connectivity index (χ1n) is 7.89. The Labute approximate surface area is 131 Å². The smallest absolute Gasteiger partial charge is 0.276 e. The number of hydrogen-bond donors (Lipinski definition) is 1. The highest BCUT2D eigenvalue weighted by molar-refractivity contribution is 6.05. The summed E-state index contributed by atoms with van der Waals surface area (Å²) in [6.45, 7) is 3.76. The first-order chi connectivity index (χ1) is 10.8. The highest BCUT2D eigenvalue weighted by atomic mass is 16.2. The van der Waals surface area contributed by atoms with Crippen LogP contribution in [0.25, 0.3) is 0 Å². The van der Waals surface area contributed by atoms with E-state index in [9.17, 15) is 4.79 Å². The summed E-state index contributed by atoms with van der Waals surface area (Å²) in [7, 11) is 0. The summed E-state index contributed by atoms with van der Waals surface area (Å²) < 4.78 is 0. The van der Waals surface area contributed by atoms with Crippen molar-refractivity contribution in [3.8, 4) is 0 Å². The lowest BCUT2D eigenvalue weighted by molar-refractivity contribution is 0.0980. The molecule has 1 amide bonds. The number of aromatic nitrogens is 1. The Morgan fingerprint density at radius 3 is 3.05 bits per heavy atom. The minimum Gasteiger partial charge on any atom is -0.385 e. The summed E-state index contributed by atoms with van der Waals surface area (Å²) in [5.74, 6) is -0.0210. The van der Waals surface area contributed by atoms with Gasteiger partial charge in [-0.1, -0.05) is 25.1 Å². The lowest BCUT2D eigenvalue weighted by atomic mass is 10.0. The molecule has 114 valence electrons. The van der Waals surface area contributed by atoms with Crippen LogP contribution in [0, 0.1) is 0 Å². The third-order valence-electron chi connectivity index (χ3n) is 3.91. The van der Waals surface area contributed by atoms with Gasteiger partial charge in [0, 0.05) is 30.7 Å². The van der Waals surface area contributed by atoms with Crippen LogP contribution < -0.4 is 10.2 Å². The minimum absolute atomic E-state index is 0.0210. The van der Waals surface area contributed by atoms with Crippen LogP contribution in [0.5, 0.6) is 0 Å². The largest absolute Gasteiger partial charge is 0.385 e. The second kappa shape index (κ2) is 6.60.